The molecule has 21 heavy (non-hydrogen) atoms. The highest BCUT2D eigenvalue weighted by molar-refractivity contribution is 7.89. The Morgan fingerprint density at radius 2 is 2.14 bits per heavy atom. The first-order valence-corrected chi connectivity index (χ1v) is 9.86. The van der Waals surface area contributed by atoms with Crippen molar-refractivity contribution in [2.45, 2.75) is 57.5 Å². The molecule has 118 valence electrons. The number of nitrogens with one attached hydrogen (secondary N) is 1. The molecule has 0 bridgehead atoms. The number of nitrogens with zero attached hydrogens (tertiary/aromatic N) is 1. The highest BCUT2D eigenvalue weighted by Crippen LogP contribution is 2.35. The lowest BCUT2D eigenvalue weighted by atomic mass is 9.93. The zero-order valence-electron chi connectivity index (χ0n) is 13.0. The fraction of sp³-hybridized carbons (Fsp3) is 0.733. The molecule has 2 aliphatic rings. The summed E-state index contributed by atoms with van der Waals surface area (Å²) < 4.78 is 27.3. The average molecular weight is 329 g/mol. The Morgan fingerprint density at radius 3 is 2.71 bits per heavy atom. The summed E-state index contributed by atoms with van der Waals surface area (Å²) in [6, 6.07) is 2.52. The molecule has 3 rings (SSSR count). The lowest BCUT2D eigenvalue weighted by molar-refractivity contribution is 0.375. The van der Waals surface area contributed by atoms with E-state index in [-0.39, 0.29) is 5.41 Å². The molecule has 0 spiro atoms. The zero-order valence-corrected chi connectivity index (χ0v) is 14.6. The quantitative estimate of drug-likeness (QED) is 0.904. The molecule has 0 unspecified atom stereocenters. The number of sulfonamides is 1. The van der Waals surface area contributed by atoms with E-state index < -0.39 is 10.0 Å². The Hall–Kier alpha value is -0.430. The minimum atomic E-state index is -3.33. The van der Waals surface area contributed by atoms with Crippen molar-refractivity contribution in [3.05, 3.63) is 15.8 Å². The standard InChI is InChI=1S/C15H24N2O2S2/c1-11-14(8-13(20-11)9-16-12-4-5-12)21(18,19)17-7-6-15(2,3)10-17/h8,12,16H,4-7,9-10H2,1-3H3. The van der Waals surface area contributed by atoms with Gasteiger partial charge in [0.2, 0.25) is 10.0 Å². The second-order valence-corrected chi connectivity index (χ2v) is 10.3. The minimum Gasteiger partial charge on any atom is -0.309 e. The lowest BCUT2D eigenvalue weighted by Crippen LogP contribution is -2.30. The van der Waals surface area contributed by atoms with E-state index in [2.05, 4.69) is 19.2 Å². The van der Waals surface area contributed by atoms with Gasteiger partial charge in [-0.05, 0) is 37.7 Å². The van der Waals surface area contributed by atoms with Gasteiger partial charge in [0.05, 0.1) is 4.90 Å². The minimum absolute atomic E-state index is 0.0906. The highest BCUT2D eigenvalue weighted by atomic mass is 32.2. The number of rotatable bonds is 5. The van der Waals surface area contributed by atoms with Crippen molar-refractivity contribution in [3.63, 3.8) is 0 Å². The van der Waals surface area contributed by atoms with Gasteiger partial charge in [-0.15, -0.1) is 11.3 Å². The highest BCUT2D eigenvalue weighted by Gasteiger charge is 2.38. The van der Waals surface area contributed by atoms with E-state index >= 15 is 0 Å². The molecular weight excluding hydrogens is 304 g/mol. The van der Waals surface area contributed by atoms with Gasteiger partial charge >= 0.3 is 0 Å². The summed E-state index contributed by atoms with van der Waals surface area (Å²) in [5, 5.41) is 3.45. The molecule has 1 saturated carbocycles. The summed E-state index contributed by atoms with van der Waals surface area (Å²) >= 11 is 1.60. The van der Waals surface area contributed by atoms with Crippen LogP contribution in [0.5, 0.6) is 0 Å². The van der Waals surface area contributed by atoms with Gasteiger partial charge in [-0.2, -0.15) is 4.31 Å². The molecular formula is C15H24N2O2S2. The van der Waals surface area contributed by atoms with Crippen molar-refractivity contribution in [1.29, 1.82) is 0 Å². The van der Waals surface area contributed by atoms with Crippen molar-refractivity contribution in [2.75, 3.05) is 13.1 Å². The lowest BCUT2D eigenvalue weighted by Gasteiger charge is -2.19. The van der Waals surface area contributed by atoms with Gasteiger partial charge < -0.3 is 5.32 Å². The van der Waals surface area contributed by atoms with Gasteiger partial charge in [0, 0.05) is 35.4 Å². The van der Waals surface area contributed by atoms with Gasteiger partial charge in [0.25, 0.3) is 0 Å². The summed E-state index contributed by atoms with van der Waals surface area (Å²) in [6.07, 6.45) is 3.43. The molecule has 1 aliphatic heterocycles. The topological polar surface area (TPSA) is 49.4 Å². The maximum Gasteiger partial charge on any atom is 0.244 e. The van der Waals surface area contributed by atoms with E-state index in [9.17, 15) is 8.42 Å². The Balaban J connectivity index is 1.78. The summed E-state index contributed by atoms with van der Waals surface area (Å²) in [4.78, 5) is 2.54. The van der Waals surface area contributed by atoms with Crippen LogP contribution >= 0.6 is 11.3 Å². The zero-order chi connectivity index (χ0) is 15.3. The van der Waals surface area contributed by atoms with Gasteiger partial charge in [-0.3, -0.25) is 0 Å². The van der Waals surface area contributed by atoms with Crippen LogP contribution in [0.4, 0.5) is 0 Å². The van der Waals surface area contributed by atoms with Gasteiger partial charge in [-0.25, -0.2) is 8.42 Å². The first-order chi connectivity index (χ1) is 9.78. The average Bonchev–Trinajstić information content (AvgIpc) is 3.03. The fourth-order valence-electron chi connectivity index (χ4n) is 2.81. The largest absolute Gasteiger partial charge is 0.309 e. The van der Waals surface area contributed by atoms with Crippen LogP contribution in [0.15, 0.2) is 11.0 Å². The molecule has 1 aliphatic carbocycles. The van der Waals surface area contributed by atoms with E-state index in [1.54, 1.807) is 15.6 Å². The predicted octanol–water partition coefficient (Wildman–Crippen LogP) is 2.73. The Morgan fingerprint density at radius 1 is 1.43 bits per heavy atom. The molecule has 0 radical (unpaired) electrons. The summed E-state index contributed by atoms with van der Waals surface area (Å²) in [5.74, 6) is 0. The first-order valence-electron chi connectivity index (χ1n) is 7.61. The normalized spacial score (nSPS) is 22.8. The number of thiophene rings is 1. The molecule has 2 heterocycles. The smallest absolute Gasteiger partial charge is 0.244 e. The van der Waals surface area contributed by atoms with Crippen LogP contribution < -0.4 is 5.32 Å². The van der Waals surface area contributed by atoms with Gasteiger partial charge in [-0.1, -0.05) is 13.8 Å². The number of hydrogen-bond acceptors (Lipinski definition) is 4. The second kappa shape index (κ2) is 5.33. The maximum absolute atomic E-state index is 12.8. The third-order valence-electron chi connectivity index (χ3n) is 4.33. The van der Waals surface area contributed by atoms with Crippen LogP contribution in [-0.4, -0.2) is 31.9 Å². The van der Waals surface area contributed by atoms with Crippen LogP contribution in [0.25, 0.3) is 0 Å². The fourth-order valence-corrected chi connectivity index (χ4v) is 5.99. The third kappa shape index (κ3) is 3.33. The van der Waals surface area contributed by atoms with Crippen LogP contribution in [0, 0.1) is 12.3 Å². The number of hydrogen-bond donors (Lipinski definition) is 1. The molecule has 1 aromatic heterocycles. The van der Waals surface area contributed by atoms with Crippen molar-refractivity contribution >= 4 is 21.4 Å². The van der Waals surface area contributed by atoms with Crippen molar-refractivity contribution in [2.24, 2.45) is 5.41 Å². The summed E-state index contributed by atoms with van der Waals surface area (Å²) in [6.45, 7) is 8.24. The second-order valence-electron chi connectivity index (χ2n) is 7.04. The van der Waals surface area contributed by atoms with Crippen LogP contribution in [0.2, 0.25) is 0 Å². The SMILES string of the molecule is Cc1sc(CNC2CC2)cc1S(=O)(=O)N1CCC(C)(C)C1. The van der Waals surface area contributed by atoms with E-state index in [0.717, 1.165) is 22.7 Å². The molecule has 1 aromatic rings. The molecule has 2 fully saturated rings. The molecule has 0 atom stereocenters. The summed E-state index contributed by atoms with van der Waals surface area (Å²) in [5.41, 5.74) is 0.0906. The Labute approximate surface area is 131 Å². The van der Waals surface area contributed by atoms with Gasteiger partial charge in [0.15, 0.2) is 0 Å². The molecule has 1 N–H and O–H groups in total. The van der Waals surface area contributed by atoms with Crippen molar-refractivity contribution in [1.82, 2.24) is 9.62 Å². The van der Waals surface area contributed by atoms with E-state index in [1.807, 2.05) is 13.0 Å². The molecule has 0 aromatic carbocycles. The van der Waals surface area contributed by atoms with E-state index in [1.165, 1.54) is 12.8 Å². The van der Waals surface area contributed by atoms with Crippen LogP contribution in [0.3, 0.4) is 0 Å². The van der Waals surface area contributed by atoms with Gasteiger partial charge in [0.1, 0.15) is 0 Å². The monoisotopic (exact) mass is 328 g/mol. The van der Waals surface area contributed by atoms with Crippen molar-refractivity contribution in [3.8, 4) is 0 Å². The van der Waals surface area contributed by atoms with Crippen molar-refractivity contribution < 1.29 is 8.42 Å². The molecule has 6 heteroatoms. The summed E-state index contributed by atoms with van der Waals surface area (Å²) in [7, 11) is -3.33. The third-order valence-corrected chi connectivity index (χ3v) is 7.48. The molecule has 4 nitrogen and oxygen atoms in total. The van der Waals surface area contributed by atoms with E-state index in [4.69, 9.17) is 0 Å². The Bertz CT molecular complexity index is 630. The van der Waals surface area contributed by atoms with E-state index in [0.29, 0.717) is 24.0 Å². The molecule has 0 amide bonds. The van der Waals surface area contributed by atoms with Crippen LogP contribution in [0.1, 0.15) is 42.9 Å². The molecule has 1 saturated heterocycles. The first kappa shape index (κ1) is 15.5. The maximum atomic E-state index is 12.8. The van der Waals surface area contributed by atoms with Crippen LogP contribution in [-0.2, 0) is 16.6 Å². The number of aryl methyl sites for hydroxylation is 1. The predicted molar refractivity (Wildman–Crippen MR) is 86.1 cm³/mol. The Kier molecular flexibility index (Phi) is 3.93.